The van der Waals surface area contributed by atoms with Gasteiger partial charge >= 0.3 is 12.0 Å². The summed E-state index contributed by atoms with van der Waals surface area (Å²) < 4.78 is 0. The van der Waals surface area contributed by atoms with Crippen molar-refractivity contribution in [1.29, 1.82) is 0 Å². The number of carbonyl (C=O) groups excluding carboxylic acids is 1. The van der Waals surface area contributed by atoms with E-state index in [0.29, 0.717) is 11.3 Å². The summed E-state index contributed by atoms with van der Waals surface area (Å²) in [5.41, 5.74) is 1.14. The predicted octanol–water partition coefficient (Wildman–Crippen LogP) is 2.15. The Morgan fingerprint density at radius 3 is 2.57 bits per heavy atom. The van der Waals surface area contributed by atoms with E-state index in [1.807, 2.05) is 25.9 Å². The molecule has 0 bridgehead atoms. The highest BCUT2D eigenvalue weighted by molar-refractivity contribution is 6.01. The molecular weight excluding hydrogens is 270 g/mol. The van der Waals surface area contributed by atoms with Crippen LogP contribution in [0.4, 0.5) is 10.5 Å². The third-order valence-electron chi connectivity index (χ3n) is 3.13. The van der Waals surface area contributed by atoms with Crippen LogP contribution in [-0.4, -0.2) is 48.7 Å². The van der Waals surface area contributed by atoms with Gasteiger partial charge in [0.2, 0.25) is 0 Å². The van der Waals surface area contributed by atoms with Crippen molar-refractivity contribution >= 4 is 17.7 Å². The van der Waals surface area contributed by atoms with Crippen LogP contribution in [0.25, 0.3) is 0 Å². The van der Waals surface area contributed by atoms with Crippen LogP contribution >= 0.6 is 0 Å². The van der Waals surface area contributed by atoms with E-state index < -0.39 is 12.0 Å². The first-order valence-corrected chi connectivity index (χ1v) is 6.86. The first-order valence-electron chi connectivity index (χ1n) is 6.86. The summed E-state index contributed by atoms with van der Waals surface area (Å²) in [6.45, 7) is 4.54. The second-order valence-electron chi connectivity index (χ2n) is 5.39. The van der Waals surface area contributed by atoms with Crippen LogP contribution in [0, 0.1) is 6.92 Å². The normalized spacial score (nSPS) is 12.0. The van der Waals surface area contributed by atoms with Gasteiger partial charge in [-0.05, 0) is 52.5 Å². The van der Waals surface area contributed by atoms with Crippen LogP contribution in [-0.2, 0) is 0 Å². The van der Waals surface area contributed by atoms with Crippen LogP contribution in [0.2, 0.25) is 0 Å². The maximum atomic E-state index is 12.0. The Balaban J connectivity index is 2.69. The number of amides is 2. The topological polar surface area (TPSA) is 81.7 Å². The molecule has 0 saturated carbocycles. The highest BCUT2D eigenvalue weighted by Crippen LogP contribution is 2.20. The molecule has 2 amide bonds. The standard InChI is InChI=1S/C15H23N3O3/c1-10-6-5-7-12(14(19)20)13(10)17-15(21)16-11(2)8-9-18(3)4/h5-7,11H,8-9H2,1-4H3,(H,19,20)(H2,16,17,21). The molecule has 21 heavy (non-hydrogen) atoms. The maximum Gasteiger partial charge on any atom is 0.337 e. The fourth-order valence-electron chi connectivity index (χ4n) is 1.91. The Hall–Kier alpha value is -2.08. The van der Waals surface area contributed by atoms with Crippen molar-refractivity contribution in [3.05, 3.63) is 29.3 Å². The molecule has 1 unspecified atom stereocenters. The number of carboxylic acids is 1. The van der Waals surface area contributed by atoms with E-state index in [1.165, 1.54) is 6.07 Å². The van der Waals surface area contributed by atoms with Gasteiger partial charge in [0, 0.05) is 6.04 Å². The summed E-state index contributed by atoms with van der Waals surface area (Å²) in [7, 11) is 3.94. The number of hydrogen-bond donors (Lipinski definition) is 3. The fourth-order valence-corrected chi connectivity index (χ4v) is 1.91. The Morgan fingerprint density at radius 2 is 2.00 bits per heavy atom. The summed E-state index contributed by atoms with van der Waals surface area (Å²) in [5, 5.41) is 14.6. The second-order valence-corrected chi connectivity index (χ2v) is 5.39. The summed E-state index contributed by atoms with van der Waals surface area (Å²) in [5.74, 6) is -1.06. The second kappa shape index (κ2) is 7.64. The molecule has 0 aliphatic rings. The molecule has 3 N–H and O–H groups in total. The molecule has 1 atom stereocenters. The molecule has 1 rings (SSSR count). The van der Waals surface area contributed by atoms with Crippen LogP contribution in [0.15, 0.2) is 18.2 Å². The number of carbonyl (C=O) groups is 2. The van der Waals surface area contributed by atoms with E-state index in [9.17, 15) is 9.59 Å². The smallest absolute Gasteiger partial charge is 0.337 e. The molecule has 0 spiro atoms. The lowest BCUT2D eigenvalue weighted by Gasteiger charge is -2.18. The Morgan fingerprint density at radius 1 is 1.33 bits per heavy atom. The van der Waals surface area contributed by atoms with Crippen molar-refractivity contribution in [1.82, 2.24) is 10.2 Å². The molecule has 6 nitrogen and oxygen atoms in total. The van der Waals surface area contributed by atoms with Crippen LogP contribution < -0.4 is 10.6 Å². The quantitative estimate of drug-likeness (QED) is 0.750. The van der Waals surface area contributed by atoms with Crippen molar-refractivity contribution in [2.45, 2.75) is 26.3 Å². The average Bonchev–Trinajstić information content (AvgIpc) is 2.38. The summed E-state index contributed by atoms with van der Waals surface area (Å²) >= 11 is 0. The molecule has 0 aliphatic carbocycles. The summed E-state index contributed by atoms with van der Waals surface area (Å²) in [6, 6.07) is 4.50. The molecule has 1 aromatic rings. The molecule has 0 heterocycles. The Labute approximate surface area is 125 Å². The summed E-state index contributed by atoms with van der Waals surface area (Å²) in [4.78, 5) is 25.2. The van der Waals surface area contributed by atoms with Gasteiger partial charge < -0.3 is 20.6 Å². The minimum Gasteiger partial charge on any atom is -0.478 e. The van der Waals surface area contributed by atoms with Gasteiger partial charge in [-0.2, -0.15) is 0 Å². The molecular formula is C15H23N3O3. The fraction of sp³-hybridized carbons (Fsp3) is 0.467. The molecule has 0 saturated heterocycles. The summed E-state index contributed by atoms with van der Waals surface area (Å²) in [6.07, 6.45) is 0.819. The molecule has 0 aromatic heterocycles. The number of nitrogens with zero attached hydrogens (tertiary/aromatic N) is 1. The number of carboxylic acid groups (broad SMARTS) is 1. The lowest BCUT2D eigenvalue weighted by Crippen LogP contribution is -2.38. The lowest BCUT2D eigenvalue weighted by molar-refractivity contribution is 0.0698. The van der Waals surface area contributed by atoms with E-state index in [4.69, 9.17) is 5.11 Å². The minimum atomic E-state index is -1.06. The van der Waals surface area contributed by atoms with Crippen molar-refractivity contribution < 1.29 is 14.7 Å². The molecule has 116 valence electrons. The first kappa shape index (κ1) is 17.0. The minimum absolute atomic E-state index is 0.00435. The van der Waals surface area contributed by atoms with Crippen molar-refractivity contribution in [3.63, 3.8) is 0 Å². The zero-order chi connectivity index (χ0) is 16.0. The van der Waals surface area contributed by atoms with E-state index in [-0.39, 0.29) is 11.6 Å². The van der Waals surface area contributed by atoms with Crippen molar-refractivity contribution in [3.8, 4) is 0 Å². The average molecular weight is 293 g/mol. The van der Waals surface area contributed by atoms with Crippen molar-refractivity contribution in [2.75, 3.05) is 26.0 Å². The number of aromatic carboxylic acids is 1. The SMILES string of the molecule is Cc1cccc(C(=O)O)c1NC(=O)NC(C)CCN(C)C. The van der Waals surface area contributed by atoms with Gasteiger partial charge in [0.1, 0.15) is 0 Å². The van der Waals surface area contributed by atoms with E-state index in [0.717, 1.165) is 13.0 Å². The van der Waals surface area contributed by atoms with Crippen molar-refractivity contribution in [2.24, 2.45) is 0 Å². The number of anilines is 1. The monoisotopic (exact) mass is 293 g/mol. The van der Waals surface area contributed by atoms with Gasteiger partial charge in [-0.1, -0.05) is 12.1 Å². The van der Waals surface area contributed by atoms with Crippen LogP contribution in [0.3, 0.4) is 0 Å². The number of aryl methyl sites for hydroxylation is 1. The molecule has 0 aliphatic heterocycles. The number of nitrogens with one attached hydrogen (secondary N) is 2. The zero-order valence-corrected chi connectivity index (χ0v) is 12.9. The largest absolute Gasteiger partial charge is 0.478 e. The van der Waals surface area contributed by atoms with Gasteiger partial charge in [-0.25, -0.2) is 9.59 Å². The van der Waals surface area contributed by atoms with Crippen LogP contribution in [0.5, 0.6) is 0 Å². The number of para-hydroxylation sites is 1. The number of rotatable bonds is 6. The zero-order valence-electron chi connectivity index (χ0n) is 12.9. The van der Waals surface area contributed by atoms with Gasteiger partial charge in [-0.15, -0.1) is 0 Å². The third kappa shape index (κ3) is 5.43. The highest BCUT2D eigenvalue weighted by atomic mass is 16.4. The van der Waals surface area contributed by atoms with Gasteiger partial charge in [0.05, 0.1) is 11.3 Å². The Bertz CT molecular complexity index is 515. The molecule has 1 aromatic carbocycles. The number of benzene rings is 1. The number of hydrogen-bond acceptors (Lipinski definition) is 3. The first-order chi connectivity index (χ1) is 9.81. The number of urea groups is 1. The Kier molecular flexibility index (Phi) is 6.17. The van der Waals surface area contributed by atoms with Gasteiger partial charge in [-0.3, -0.25) is 0 Å². The van der Waals surface area contributed by atoms with Gasteiger partial charge in [0.25, 0.3) is 0 Å². The maximum absolute atomic E-state index is 12.0. The molecule has 0 radical (unpaired) electrons. The van der Waals surface area contributed by atoms with Crippen LogP contribution in [0.1, 0.15) is 29.3 Å². The lowest BCUT2D eigenvalue weighted by atomic mass is 10.1. The van der Waals surface area contributed by atoms with E-state index in [1.54, 1.807) is 19.1 Å². The third-order valence-corrected chi connectivity index (χ3v) is 3.13. The molecule has 6 heteroatoms. The van der Waals surface area contributed by atoms with E-state index in [2.05, 4.69) is 10.6 Å². The predicted molar refractivity (Wildman–Crippen MR) is 82.9 cm³/mol. The highest BCUT2D eigenvalue weighted by Gasteiger charge is 2.15. The van der Waals surface area contributed by atoms with Gasteiger partial charge in [0.15, 0.2) is 0 Å². The van der Waals surface area contributed by atoms with E-state index >= 15 is 0 Å². The molecule has 0 fully saturated rings.